The number of carbonyl (C=O) groups is 1. The lowest BCUT2D eigenvalue weighted by Gasteiger charge is -2.01. The molecule has 0 saturated heterocycles. The Hall–Kier alpha value is -2.33. The number of rotatable bonds is 3. The standard InChI is InChI=1S/C16H13ClN2O2/c1-2-15(20)18-12-6-7-13-14(9-12)21-16(19-13)10-4-3-5-11(17)8-10/h3-9H,2H2,1H3,(H,18,20). The Bertz CT molecular complexity index is 811. The van der Waals surface area contributed by atoms with Crippen molar-refractivity contribution >= 4 is 34.3 Å². The van der Waals surface area contributed by atoms with Crippen LogP contribution in [0.4, 0.5) is 5.69 Å². The first-order valence-corrected chi connectivity index (χ1v) is 7.00. The van der Waals surface area contributed by atoms with E-state index in [1.165, 1.54) is 0 Å². The summed E-state index contributed by atoms with van der Waals surface area (Å²) in [5.74, 6) is 0.468. The van der Waals surface area contributed by atoms with Crippen LogP contribution in [0.5, 0.6) is 0 Å². The molecule has 1 N–H and O–H groups in total. The maximum absolute atomic E-state index is 11.4. The molecule has 0 unspecified atom stereocenters. The van der Waals surface area contributed by atoms with Crippen LogP contribution in [0.1, 0.15) is 13.3 Å². The highest BCUT2D eigenvalue weighted by Crippen LogP contribution is 2.27. The summed E-state index contributed by atoms with van der Waals surface area (Å²) < 4.78 is 5.74. The summed E-state index contributed by atoms with van der Waals surface area (Å²) in [5, 5.41) is 3.42. The summed E-state index contributed by atoms with van der Waals surface area (Å²) in [6, 6.07) is 12.7. The number of nitrogens with zero attached hydrogens (tertiary/aromatic N) is 1. The normalized spacial score (nSPS) is 10.8. The van der Waals surface area contributed by atoms with Crippen molar-refractivity contribution in [3.05, 3.63) is 47.5 Å². The fourth-order valence-corrected chi connectivity index (χ4v) is 2.19. The van der Waals surface area contributed by atoms with E-state index >= 15 is 0 Å². The lowest BCUT2D eigenvalue weighted by molar-refractivity contribution is -0.115. The monoisotopic (exact) mass is 300 g/mol. The average molecular weight is 301 g/mol. The molecule has 106 valence electrons. The lowest BCUT2D eigenvalue weighted by Crippen LogP contribution is -2.08. The van der Waals surface area contributed by atoms with Gasteiger partial charge in [-0.2, -0.15) is 0 Å². The molecule has 0 bridgehead atoms. The van der Waals surface area contributed by atoms with Crippen molar-refractivity contribution in [3.8, 4) is 11.5 Å². The third-order valence-electron chi connectivity index (χ3n) is 3.06. The van der Waals surface area contributed by atoms with Gasteiger partial charge in [-0.15, -0.1) is 0 Å². The molecule has 1 heterocycles. The highest BCUT2D eigenvalue weighted by Gasteiger charge is 2.09. The van der Waals surface area contributed by atoms with Gasteiger partial charge in [-0.3, -0.25) is 4.79 Å². The smallest absolute Gasteiger partial charge is 0.227 e. The summed E-state index contributed by atoms with van der Waals surface area (Å²) >= 11 is 5.98. The van der Waals surface area contributed by atoms with Crippen LogP contribution in [-0.2, 0) is 4.79 Å². The number of amides is 1. The first kappa shape index (κ1) is 13.6. The topological polar surface area (TPSA) is 55.1 Å². The zero-order chi connectivity index (χ0) is 14.8. The van der Waals surface area contributed by atoms with Crippen molar-refractivity contribution in [3.63, 3.8) is 0 Å². The van der Waals surface area contributed by atoms with Gasteiger partial charge in [0, 0.05) is 28.8 Å². The first-order chi connectivity index (χ1) is 10.2. The molecule has 5 heteroatoms. The van der Waals surface area contributed by atoms with E-state index < -0.39 is 0 Å². The molecule has 0 spiro atoms. The van der Waals surface area contributed by atoms with E-state index in [9.17, 15) is 4.79 Å². The van der Waals surface area contributed by atoms with Crippen LogP contribution < -0.4 is 5.32 Å². The zero-order valence-electron chi connectivity index (χ0n) is 11.4. The van der Waals surface area contributed by atoms with Crippen molar-refractivity contribution in [1.82, 2.24) is 4.98 Å². The molecule has 1 amide bonds. The Morgan fingerprint density at radius 2 is 2.14 bits per heavy atom. The number of carbonyl (C=O) groups excluding carboxylic acids is 1. The SMILES string of the molecule is CCC(=O)Nc1ccc2nc(-c3cccc(Cl)c3)oc2c1. The Morgan fingerprint density at radius 3 is 2.90 bits per heavy atom. The lowest BCUT2D eigenvalue weighted by atomic mass is 10.2. The van der Waals surface area contributed by atoms with Gasteiger partial charge in [0.1, 0.15) is 5.52 Å². The minimum atomic E-state index is -0.0380. The molecular formula is C16H13ClN2O2. The summed E-state index contributed by atoms with van der Waals surface area (Å²) in [6.07, 6.45) is 0.433. The molecular weight excluding hydrogens is 288 g/mol. The summed E-state index contributed by atoms with van der Waals surface area (Å²) in [5.41, 5.74) is 2.87. The highest BCUT2D eigenvalue weighted by molar-refractivity contribution is 6.30. The fraction of sp³-hybridized carbons (Fsp3) is 0.125. The molecule has 2 aromatic carbocycles. The van der Waals surface area contributed by atoms with Crippen LogP contribution in [-0.4, -0.2) is 10.9 Å². The molecule has 0 aliphatic rings. The Balaban J connectivity index is 1.98. The van der Waals surface area contributed by atoms with Gasteiger partial charge < -0.3 is 9.73 Å². The Kier molecular flexibility index (Phi) is 3.62. The molecule has 0 radical (unpaired) electrons. The van der Waals surface area contributed by atoms with E-state index in [0.717, 1.165) is 11.1 Å². The quantitative estimate of drug-likeness (QED) is 0.775. The van der Waals surface area contributed by atoms with E-state index in [4.69, 9.17) is 16.0 Å². The minimum absolute atomic E-state index is 0.0380. The summed E-state index contributed by atoms with van der Waals surface area (Å²) in [4.78, 5) is 15.8. The fourth-order valence-electron chi connectivity index (χ4n) is 2.00. The molecule has 3 aromatic rings. The van der Waals surface area contributed by atoms with Crippen molar-refractivity contribution in [1.29, 1.82) is 0 Å². The van der Waals surface area contributed by atoms with Crippen LogP contribution in [0.2, 0.25) is 5.02 Å². The number of hydrogen-bond acceptors (Lipinski definition) is 3. The van der Waals surface area contributed by atoms with Crippen LogP contribution in [0.3, 0.4) is 0 Å². The van der Waals surface area contributed by atoms with Crippen molar-refractivity contribution in [2.24, 2.45) is 0 Å². The molecule has 1 aromatic heterocycles. The van der Waals surface area contributed by atoms with Gasteiger partial charge in [0.15, 0.2) is 5.58 Å². The van der Waals surface area contributed by atoms with Gasteiger partial charge >= 0.3 is 0 Å². The van der Waals surface area contributed by atoms with Gasteiger partial charge in [-0.1, -0.05) is 24.6 Å². The molecule has 4 nitrogen and oxygen atoms in total. The maximum Gasteiger partial charge on any atom is 0.227 e. The van der Waals surface area contributed by atoms with Gasteiger partial charge in [0.25, 0.3) is 0 Å². The third kappa shape index (κ3) is 2.90. The second kappa shape index (κ2) is 5.58. The largest absolute Gasteiger partial charge is 0.436 e. The van der Waals surface area contributed by atoms with Crippen molar-refractivity contribution < 1.29 is 9.21 Å². The van der Waals surface area contributed by atoms with E-state index in [1.54, 1.807) is 31.2 Å². The Labute approximate surface area is 126 Å². The number of aromatic nitrogens is 1. The number of nitrogens with one attached hydrogen (secondary N) is 1. The predicted octanol–water partition coefficient (Wildman–Crippen LogP) is 4.50. The molecule has 3 rings (SSSR count). The number of hydrogen-bond donors (Lipinski definition) is 1. The average Bonchev–Trinajstić information content (AvgIpc) is 2.90. The maximum atomic E-state index is 11.4. The van der Waals surface area contributed by atoms with Gasteiger partial charge in [-0.05, 0) is 30.3 Å². The van der Waals surface area contributed by atoms with Crippen molar-refractivity contribution in [2.45, 2.75) is 13.3 Å². The number of benzene rings is 2. The Morgan fingerprint density at radius 1 is 1.29 bits per heavy atom. The minimum Gasteiger partial charge on any atom is -0.436 e. The van der Waals surface area contributed by atoms with Gasteiger partial charge in [-0.25, -0.2) is 4.98 Å². The van der Waals surface area contributed by atoms with Crippen LogP contribution in [0, 0.1) is 0 Å². The van der Waals surface area contributed by atoms with E-state index in [0.29, 0.717) is 28.6 Å². The van der Waals surface area contributed by atoms with Crippen LogP contribution in [0.25, 0.3) is 22.6 Å². The number of oxazole rings is 1. The predicted molar refractivity (Wildman–Crippen MR) is 83.4 cm³/mol. The van der Waals surface area contributed by atoms with Crippen LogP contribution in [0.15, 0.2) is 46.9 Å². The second-order valence-corrected chi connectivity index (χ2v) is 5.05. The summed E-state index contributed by atoms with van der Waals surface area (Å²) in [7, 11) is 0. The van der Waals surface area contributed by atoms with Gasteiger partial charge in [0.05, 0.1) is 0 Å². The van der Waals surface area contributed by atoms with Gasteiger partial charge in [0.2, 0.25) is 11.8 Å². The number of halogens is 1. The summed E-state index contributed by atoms with van der Waals surface area (Å²) in [6.45, 7) is 1.81. The molecule has 21 heavy (non-hydrogen) atoms. The highest BCUT2D eigenvalue weighted by atomic mass is 35.5. The molecule has 0 aliphatic carbocycles. The van der Waals surface area contributed by atoms with Crippen LogP contribution >= 0.6 is 11.6 Å². The van der Waals surface area contributed by atoms with Crippen molar-refractivity contribution in [2.75, 3.05) is 5.32 Å². The third-order valence-corrected chi connectivity index (χ3v) is 3.30. The molecule has 0 fully saturated rings. The molecule has 0 saturated carbocycles. The van der Waals surface area contributed by atoms with E-state index in [1.807, 2.05) is 18.2 Å². The zero-order valence-corrected chi connectivity index (χ0v) is 12.1. The molecule has 0 aliphatic heterocycles. The van der Waals surface area contributed by atoms with E-state index in [-0.39, 0.29) is 5.91 Å². The van der Waals surface area contributed by atoms with E-state index in [2.05, 4.69) is 10.3 Å². The number of anilines is 1. The first-order valence-electron chi connectivity index (χ1n) is 6.62. The second-order valence-electron chi connectivity index (χ2n) is 4.61. The molecule has 0 atom stereocenters. The number of fused-ring (bicyclic) bond motifs is 1.